The molecule has 2 rings (SSSR count). The van der Waals surface area contributed by atoms with Crippen LogP contribution in [0.1, 0.15) is 10.4 Å². The largest absolute Gasteiger partial charge is 0.573 e. The van der Waals surface area contributed by atoms with E-state index in [-0.39, 0.29) is 10.3 Å². The Hall–Kier alpha value is -1.94. The van der Waals surface area contributed by atoms with Crippen LogP contribution in [0.25, 0.3) is 0 Å². The average molecular weight is 325 g/mol. The number of carbonyl (C=O) groups is 1. The predicted molar refractivity (Wildman–Crippen MR) is 63.8 cm³/mol. The van der Waals surface area contributed by atoms with E-state index in [1.807, 2.05) is 0 Å². The number of alkyl halides is 3. The zero-order valence-electron chi connectivity index (χ0n) is 9.31. The predicted octanol–water partition coefficient (Wildman–Crippen LogP) is 2.74. The van der Waals surface area contributed by atoms with Crippen LogP contribution < -0.4 is 10.1 Å². The SMILES string of the molecule is O=C(Nc1ncns1)c1cc(Cl)ncc1OC(F)(F)F. The van der Waals surface area contributed by atoms with E-state index < -0.39 is 23.6 Å². The van der Waals surface area contributed by atoms with Crippen molar-refractivity contribution in [3.63, 3.8) is 0 Å². The van der Waals surface area contributed by atoms with Gasteiger partial charge in [0.1, 0.15) is 11.5 Å². The van der Waals surface area contributed by atoms with Gasteiger partial charge in [0.15, 0.2) is 5.75 Å². The molecule has 1 N–H and O–H groups in total. The molecule has 2 aromatic rings. The van der Waals surface area contributed by atoms with Crippen LogP contribution in [0, 0.1) is 0 Å². The van der Waals surface area contributed by atoms with Crippen LogP contribution in [-0.2, 0) is 0 Å². The van der Waals surface area contributed by atoms with Gasteiger partial charge in [0.2, 0.25) is 5.13 Å². The Labute approximate surface area is 118 Å². The third-order valence-electron chi connectivity index (χ3n) is 1.89. The minimum atomic E-state index is -4.95. The third-order valence-corrected chi connectivity index (χ3v) is 2.67. The van der Waals surface area contributed by atoms with Gasteiger partial charge in [-0.05, 0) is 6.07 Å². The fourth-order valence-electron chi connectivity index (χ4n) is 1.19. The van der Waals surface area contributed by atoms with Gasteiger partial charge in [0.05, 0.1) is 11.8 Å². The Morgan fingerprint density at radius 2 is 2.15 bits per heavy atom. The molecular formula is C9H4ClF3N4O2S. The molecule has 6 nitrogen and oxygen atoms in total. The first-order chi connectivity index (χ1) is 9.35. The van der Waals surface area contributed by atoms with Crippen LogP contribution in [0.5, 0.6) is 5.75 Å². The van der Waals surface area contributed by atoms with Crippen LogP contribution in [-0.4, -0.2) is 26.6 Å². The van der Waals surface area contributed by atoms with Crippen molar-refractivity contribution in [2.45, 2.75) is 6.36 Å². The fraction of sp³-hybridized carbons (Fsp3) is 0.111. The van der Waals surface area contributed by atoms with Crippen molar-refractivity contribution in [2.24, 2.45) is 0 Å². The monoisotopic (exact) mass is 324 g/mol. The zero-order chi connectivity index (χ0) is 14.8. The van der Waals surface area contributed by atoms with Crippen molar-refractivity contribution in [1.29, 1.82) is 0 Å². The van der Waals surface area contributed by atoms with Crippen LogP contribution in [0.15, 0.2) is 18.6 Å². The standard InChI is InChI=1S/C9H4ClF3N4O2S/c10-6-1-4(5(2-14-6)19-9(11,12)13)7(18)17-8-15-3-16-20-8/h1-3H,(H,15,16,17,18). The highest BCUT2D eigenvalue weighted by atomic mass is 35.5. The molecular weight excluding hydrogens is 321 g/mol. The molecule has 2 heterocycles. The summed E-state index contributed by atoms with van der Waals surface area (Å²) in [6, 6.07) is 0.957. The topological polar surface area (TPSA) is 77.0 Å². The minimum Gasteiger partial charge on any atom is -0.403 e. The van der Waals surface area contributed by atoms with Crippen LogP contribution in [0.3, 0.4) is 0 Å². The molecule has 0 saturated carbocycles. The first-order valence-corrected chi connectivity index (χ1v) is 5.99. The lowest BCUT2D eigenvalue weighted by Gasteiger charge is -2.12. The lowest BCUT2D eigenvalue weighted by atomic mass is 10.2. The van der Waals surface area contributed by atoms with Gasteiger partial charge in [-0.3, -0.25) is 10.1 Å². The maximum absolute atomic E-state index is 12.2. The van der Waals surface area contributed by atoms with Gasteiger partial charge in [0, 0.05) is 11.5 Å². The summed E-state index contributed by atoms with van der Waals surface area (Å²) in [4.78, 5) is 19.0. The summed E-state index contributed by atoms with van der Waals surface area (Å²) in [5, 5.41) is 2.24. The molecule has 1 amide bonds. The lowest BCUT2D eigenvalue weighted by Crippen LogP contribution is -2.21. The van der Waals surface area contributed by atoms with E-state index in [0.29, 0.717) is 6.20 Å². The van der Waals surface area contributed by atoms with Crippen molar-refractivity contribution >= 4 is 34.2 Å². The maximum Gasteiger partial charge on any atom is 0.573 e. The highest BCUT2D eigenvalue weighted by molar-refractivity contribution is 7.09. The molecule has 2 aromatic heterocycles. The van der Waals surface area contributed by atoms with Crippen LogP contribution in [0.4, 0.5) is 18.3 Å². The normalized spacial score (nSPS) is 11.2. The summed E-state index contributed by atoms with van der Waals surface area (Å²) in [6.07, 6.45) is -3.05. The molecule has 11 heteroatoms. The molecule has 0 spiro atoms. The number of halogens is 4. The molecule has 0 unspecified atom stereocenters. The fourth-order valence-corrected chi connectivity index (χ4v) is 1.78. The maximum atomic E-state index is 12.2. The number of carbonyl (C=O) groups excluding carboxylic acids is 1. The molecule has 0 aliphatic heterocycles. The molecule has 0 radical (unpaired) electrons. The summed E-state index contributed by atoms with van der Waals surface area (Å²) in [7, 11) is 0. The number of amides is 1. The number of hydrogen-bond acceptors (Lipinski definition) is 6. The Kier molecular flexibility index (Phi) is 4.04. The molecule has 0 saturated heterocycles. The second-order valence-corrected chi connectivity index (χ2v) is 4.42. The number of nitrogens with one attached hydrogen (secondary N) is 1. The number of pyridine rings is 1. The second kappa shape index (κ2) is 5.59. The van der Waals surface area contributed by atoms with Gasteiger partial charge >= 0.3 is 6.36 Å². The first-order valence-electron chi connectivity index (χ1n) is 4.84. The van der Waals surface area contributed by atoms with Gasteiger partial charge in [0.25, 0.3) is 5.91 Å². The molecule has 106 valence electrons. The quantitative estimate of drug-likeness (QED) is 0.878. The number of ether oxygens (including phenoxy) is 1. The number of aromatic nitrogens is 3. The summed E-state index contributed by atoms with van der Waals surface area (Å²) in [5.74, 6) is -1.63. The van der Waals surface area contributed by atoms with Gasteiger partial charge in [-0.15, -0.1) is 13.2 Å². The minimum absolute atomic E-state index is 0.126. The van der Waals surface area contributed by atoms with Crippen molar-refractivity contribution in [3.8, 4) is 5.75 Å². The average Bonchev–Trinajstić information content (AvgIpc) is 2.82. The molecule has 0 aromatic carbocycles. The molecule has 20 heavy (non-hydrogen) atoms. The molecule has 0 aliphatic carbocycles. The van der Waals surface area contributed by atoms with Crippen LogP contribution in [0.2, 0.25) is 5.15 Å². The van der Waals surface area contributed by atoms with Crippen molar-refractivity contribution in [3.05, 3.63) is 29.3 Å². The Morgan fingerprint density at radius 3 is 2.75 bits per heavy atom. The summed E-state index contributed by atoms with van der Waals surface area (Å²) in [6.45, 7) is 0. The molecule has 0 atom stereocenters. The zero-order valence-corrected chi connectivity index (χ0v) is 10.9. The number of anilines is 1. The lowest BCUT2D eigenvalue weighted by molar-refractivity contribution is -0.274. The Bertz CT molecular complexity index is 620. The van der Waals surface area contributed by atoms with E-state index in [1.165, 1.54) is 6.33 Å². The number of hydrogen-bond donors (Lipinski definition) is 1. The molecule has 0 aliphatic rings. The Morgan fingerprint density at radius 1 is 1.40 bits per heavy atom. The summed E-state index contributed by atoms with van der Waals surface area (Å²) < 4.78 is 44.0. The van der Waals surface area contributed by atoms with Crippen molar-refractivity contribution in [1.82, 2.24) is 14.3 Å². The van der Waals surface area contributed by atoms with E-state index in [9.17, 15) is 18.0 Å². The first kappa shape index (κ1) is 14.5. The number of rotatable bonds is 3. The van der Waals surface area contributed by atoms with Gasteiger partial charge in [-0.1, -0.05) is 11.6 Å². The van der Waals surface area contributed by atoms with Crippen molar-refractivity contribution in [2.75, 3.05) is 5.32 Å². The second-order valence-electron chi connectivity index (χ2n) is 3.25. The van der Waals surface area contributed by atoms with E-state index in [0.717, 1.165) is 17.6 Å². The van der Waals surface area contributed by atoms with E-state index in [2.05, 4.69) is 24.4 Å². The van der Waals surface area contributed by atoms with E-state index in [4.69, 9.17) is 11.6 Å². The number of nitrogens with zero attached hydrogens (tertiary/aromatic N) is 3. The smallest absolute Gasteiger partial charge is 0.403 e. The Balaban J connectivity index is 2.29. The summed E-state index contributed by atoms with van der Waals surface area (Å²) >= 11 is 6.43. The van der Waals surface area contributed by atoms with E-state index >= 15 is 0 Å². The van der Waals surface area contributed by atoms with Gasteiger partial charge in [-0.25, -0.2) is 9.97 Å². The molecule has 0 bridgehead atoms. The van der Waals surface area contributed by atoms with Crippen LogP contribution >= 0.6 is 23.1 Å². The van der Waals surface area contributed by atoms with Crippen molar-refractivity contribution < 1.29 is 22.7 Å². The van der Waals surface area contributed by atoms with Gasteiger partial charge in [-0.2, -0.15) is 4.37 Å². The molecule has 0 fully saturated rings. The third kappa shape index (κ3) is 3.78. The highest BCUT2D eigenvalue weighted by Gasteiger charge is 2.33. The summed E-state index contributed by atoms with van der Waals surface area (Å²) in [5.41, 5.74) is -0.419. The highest BCUT2D eigenvalue weighted by Crippen LogP contribution is 2.28. The van der Waals surface area contributed by atoms with E-state index in [1.54, 1.807) is 0 Å². The van der Waals surface area contributed by atoms with Gasteiger partial charge < -0.3 is 4.74 Å².